The zero-order valence-electron chi connectivity index (χ0n) is 12.4. The highest BCUT2D eigenvalue weighted by atomic mass is 16.5. The predicted molar refractivity (Wildman–Crippen MR) is 79.3 cm³/mol. The van der Waals surface area contributed by atoms with Crippen LogP contribution in [0.1, 0.15) is 30.9 Å². The fourth-order valence-corrected chi connectivity index (χ4v) is 2.55. The Bertz CT molecular complexity index is 448. The van der Waals surface area contributed by atoms with Gasteiger partial charge in [0.2, 0.25) is 5.91 Å². The van der Waals surface area contributed by atoms with Crippen LogP contribution in [0.15, 0.2) is 24.3 Å². The van der Waals surface area contributed by atoms with E-state index in [9.17, 15) is 4.79 Å². The predicted octanol–water partition coefficient (Wildman–Crippen LogP) is 1.93. The molecular formula is C16H24N2O2. The van der Waals surface area contributed by atoms with Gasteiger partial charge in [-0.3, -0.25) is 4.79 Å². The number of ether oxygens (including phenoxy) is 1. The first kappa shape index (κ1) is 15.0. The summed E-state index contributed by atoms with van der Waals surface area (Å²) in [7, 11) is 1.71. The summed E-state index contributed by atoms with van der Waals surface area (Å²) in [6.07, 6.45) is 1.69. The molecule has 0 spiro atoms. The van der Waals surface area contributed by atoms with Crippen molar-refractivity contribution in [1.82, 2.24) is 10.2 Å². The van der Waals surface area contributed by atoms with E-state index in [1.165, 1.54) is 11.1 Å². The van der Waals surface area contributed by atoms with Gasteiger partial charge in [-0.05, 0) is 24.5 Å². The van der Waals surface area contributed by atoms with Crippen molar-refractivity contribution in [2.24, 2.45) is 0 Å². The maximum atomic E-state index is 11.7. The van der Waals surface area contributed by atoms with E-state index in [1.54, 1.807) is 7.11 Å². The summed E-state index contributed by atoms with van der Waals surface area (Å²) in [4.78, 5) is 13.7. The second-order valence-corrected chi connectivity index (χ2v) is 5.42. The smallest absolute Gasteiger partial charge is 0.222 e. The molecule has 1 aliphatic rings. The van der Waals surface area contributed by atoms with Gasteiger partial charge in [-0.15, -0.1) is 0 Å². The molecule has 0 saturated carbocycles. The molecule has 1 unspecified atom stereocenters. The molecular weight excluding hydrogens is 252 g/mol. The molecule has 20 heavy (non-hydrogen) atoms. The summed E-state index contributed by atoms with van der Waals surface area (Å²) >= 11 is 0. The van der Waals surface area contributed by atoms with E-state index in [-0.39, 0.29) is 5.91 Å². The Labute approximate surface area is 121 Å². The molecule has 1 fully saturated rings. The standard InChI is InChI=1S/C16H24N2O2/c1-13(12-20-2)17-10-14-6-3-4-7-15(14)11-18-9-5-8-16(18)19/h3-4,6-7,13,17H,5,8-12H2,1-2H3. The van der Waals surface area contributed by atoms with Crippen LogP contribution in [0.3, 0.4) is 0 Å². The van der Waals surface area contributed by atoms with Crippen molar-refractivity contribution in [3.05, 3.63) is 35.4 Å². The van der Waals surface area contributed by atoms with Crippen molar-refractivity contribution in [3.8, 4) is 0 Å². The lowest BCUT2D eigenvalue weighted by Gasteiger charge is -2.19. The highest BCUT2D eigenvalue weighted by Crippen LogP contribution is 2.17. The summed E-state index contributed by atoms with van der Waals surface area (Å²) in [6.45, 7) is 5.24. The highest BCUT2D eigenvalue weighted by Gasteiger charge is 2.20. The lowest BCUT2D eigenvalue weighted by Crippen LogP contribution is -2.30. The maximum Gasteiger partial charge on any atom is 0.222 e. The number of carbonyl (C=O) groups is 1. The molecule has 1 heterocycles. The second-order valence-electron chi connectivity index (χ2n) is 5.42. The zero-order valence-corrected chi connectivity index (χ0v) is 12.4. The summed E-state index contributed by atoms with van der Waals surface area (Å²) in [5.41, 5.74) is 2.50. The van der Waals surface area contributed by atoms with Crippen LogP contribution in [0.4, 0.5) is 0 Å². The molecule has 1 N–H and O–H groups in total. The molecule has 1 aliphatic heterocycles. The van der Waals surface area contributed by atoms with Crippen LogP contribution in [-0.4, -0.2) is 37.1 Å². The number of rotatable bonds is 7. The van der Waals surface area contributed by atoms with Gasteiger partial charge in [0.05, 0.1) is 6.61 Å². The molecule has 1 amide bonds. The third-order valence-corrected chi connectivity index (χ3v) is 3.71. The van der Waals surface area contributed by atoms with Gasteiger partial charge >= 0.3 is 0 Å². The van der Waals surface area contributed by atoms with Crippen LogP contribution < -0.4 is 5.32 Å². The number of nitrogens with one attached hydrogen (secondary N) is 1. The van der Waals surface area contributed by atoms with E-state index in [4.69, 9.17) is 4.74 Å². The molecule has 110 valence electrons. The number of hydrogen-bond donors (Lipinski definition) is 1. The van der Waals surface area contributed by atoms with Gasteiger partial charge in [-0.2, -0.15) is 0 Å². The number of methoxy groups -OCH3 is 1. The Kier molecular flexibility index (Phi) is 5.56. The molecule has 4 nitrogen and oxygen atoms in total. The average Bonchev–Trinajstić information content (AvgIpc) is 2.84. The van der Waals surface area contributed by atoms with Crippen molar-refractivity contribution in [2.45, 2.75) is 38.9 Å². The monoisotopic (exact) mass is 276 g/mol. The summed E-state index contributed by atoms with van der Waals surface area (Å²) in [6, 6.07) is 8.65. The second kappa shape index (κ2) is 7.41. The van der Waals surface area contributed by atoms with Gasteiger partial charge in [-0.25, -0.2) is 0 Å². The highest BCUT2D eigenvalue weighted by molar-refractivity contribution is 5.78. The van der Waals surface area contributed by atoms with E-state index in [0.29, 0.717) is 19.1 Å². The van der Waals surface area contributed by atoms with Gasteiger partial charge in [0, 0.05) is 39.2 Å². The van der Waals surface area contributed by atoms with Crippen LogP contribution >= 0.6 is 0 Å². The van der Waals surface area contributed by atoms with E-state index in [0.717, 1.165) is 26.1 Å². The van der Waals surface area contributed by atoms with Crippen LogP contribution in [0, 0.1) is 0 Å². The summed E-state index contributed by atoms with van der Waals surface area (Å²) in [5.74, 6) is 0.278. The maximum absolute atomic E-state index is 11.7. The number of benzene rings is 1. The summed E-state index contributed by atoms with van der Waals surface area (Å²) in [5, 5.41) is 3.45. The number of nitrogens with zero attached hydrogens (tertiary/aromatic N) is 1. The Balaban J connectivity index is 1.97. The first-order chi connectivity index (χ1) is 9.70. The largest absolute Gasteiger partial charge is 0.383 e. The Morgan fingerprint density at radius 2 is 2.10 bits per heavy atom. The molecule has 2 rings (SSSR count). The number of carbonyl (C=O) groups excluding carboxylic acids is 1. The van der Waals surface area contributed by atoms with Crippen molar-refractivity contribution < 1.29 is 9.53 Å². The number of amides is 1. The quantitative estimate of drug-likeness (QED) is 0.827. The third-order valence-electron chi connectivity index (χ3n) is 3.71. The van der Waals surface area contributed by atoms with Gasteiger partial charge < -0.3 is 15.0 Å². The van der Waals surface area contributed by atoms with E-state index < -0.39 is 0 Å². The fraction of sp³-hybridized carbons (Fsp3) is 0.562. The van der Waals surface area contributed by atoms with Crippen molar-refractivity contribution in [2.75, 3.05) is 20.3 Å². The van der Waals surface area contributed by atoms with Gasteiger partial charge in [0.1, 0.15) is 0 Å². The molecule has 1 aromatic rings. The average molecular weight is 276 g/mol. The van der Waals surface area contributed by atoms with Crippen LogP contribution in [-0.2, 0) is 22.6 Å². The Morgan fingerprint density at radius 3 is 2.75 bits per heavy atom. The van der Waals surface area contributed by atoms with Crippen molar-refractivity contribution >= 4 is 5.91 Å². The molecule has 1 aromatic carbocycles. The van der Waals surface area contributed by atoms with Gasteiger partial charge in [-0.1, -0.05) is 24.3 Å². The molecule has 0 aromatic heterocycles. The summed E-state index contributed by atoms with van der Waals surface area (Å²) < 4.78 is 5.13. The molecule has 0 aliphatic carbocycles. The van der Waals surface area contributed by atoms with Crippen LogP contribution in [0.25, 0.3) is 0 Å². The van der Waals surface area contributed by atoms with Crippen molar-refractivity contribution in [3.63, 3.8) is 0 Å². The van der Waals surface area contributed by atoms with Crippen molar-refractivity contribution in [1.29, 1.82) is 0 Å². The van der Waals surface area contributed by atoms with E-state index in [1.807, 2.05) is 17.0 Å². The SMILES string of the molecule is COCC(C)NCc1ccccc1CN1CCCC1=O. The lowest BCUT2D eigenvalue weighted by molar-refractivity contribution is -0.128. The molecule has 0 radical (unpaired) electrons. The van der Waals surface area contributed by atoms with Crippen LogP contribution in [0.5, 0.6) is 0 Å². The fourth-order valence-electron chi connectivity index (χ4n) is 2.55. The molecule has 4 heteroatoms. The topological polar surface area (TPSA) is 41.6 Å². The first-order valence-corrected chi connectivity index (χ1v) is 7.27. The molecule has 1 saturated heterocycles. The number of likely N-dealkylation sites (tertiary alicyclic amines) is 1. The Hall–Kier alpha value is -1.39. The Morgan fingerprint density at radius 1 is 1.35 bits per heavy atom. The lowest BCUT2D eigenvalue weighted by atomic mass is 10.1. The van der Waals surface area contributed by atoms with Gasteiger partial charge in [0.25, 0.3) is 0 Å². The normalized spacial score (nSPS) is 16.7. The zero-order chi connectivity index (χ0) is 14.4. The van der Waals surface area contributed by atoms with E-state index >= 15 is 0 Å². The minimum atomic E-state index is 0.278. The van der Waals surface area contributed by atoms with E-state index in [2.05, 4.69) is 24.4 Å². The van der Waals surface area contributed by atoms with Crippen LogP contribution in [0.2, 0.25) is 0 Å². The minimum absolute atomic E-state index is 0.278. The van der Waals surface area contributed by atoms with Gasteiger partial charge in [0.15, 0.2) is 0 Å². The third kappa shape index (κ3) is 4.05. The first-order valence-electron chi connectivity index (χ1n) is 7.27. The molecule has 0 bridgehead atoms. The number of hydrogen-bond acceptors (Lipinski definition) is 3. The molecule has 1 atom stereocenters. The minimum Gasteiger partial charge on any atom is -0.383 e.